The highest BCUT2D eigenvalue weighted by molar-refractivity contribution is 6.01. The second-order valence-corrected chi connectivity index (χ2v) is 11.4. The molecule has 2 aliphatic heterocycles. The fourth-order valence-electron chi connectivity index (χ4n) is 7.00. The average molecular weight is 499 g/mol. The quantitative estimate of drug-likeness (QED) is 0.581. The normalized spacial score (nSPS) is 28.4. The lowest BCUT2D eigenvalue weighted by molar-refractivity contribution is -0.153. The second-order valence-electron chi connectivity index (χ2n) is 11.4. The monoisotopic (exact) mass is 498 g/mol. The number of nitrogens with one attached hydrogen (secondary N) is 2. The Hall–Kier alpha value is -3.70. The van der Waals surface area contributed by atoms with E-state index in [9.17, 15) is 24.8 Å². The molecule has 8 heteroatoms. The zero-order valence-electron chi connectivity index (χ0n) is 20.9. The second kappa shape index (κ2) is 8.15. The molecule has 0 bridgehead atoms. The first kappa shape index (κ1) is 23.7. The molecule has 3 fully saturated rings. The van der Waals surface area contributed by atoms with Crippen LogP contribution in [0, 0.1) is 34.5 Å². The number of rotatable bonds is 5. The van der Waals surface area contributed by atoms with Crippen LogP contribution in [0.2, 0.25) is 0 Å². The first-order chi connectivity index (χ1) is 17.7. The van der Waals surface area contributed by atoms with Crippen molar-refractivity contribution in [1.29, 1.82) is 5.26 Å². The van der Waals surface area contributed by atoms with Crippen LogP contribution in [0.5, 0.6) is 0 Å². The third kappa shape index (κ3) is 3.33. The maximum atomic E-state index is 14.2. The van der Waals surface area contributed by atoms with Crippen LogP contribution in [-0.4, -0.2) is 52.9 Å². The smallest absolute Gasteiger partial charge is 0.264 e. The van der Waals surface area contributed by atoms with Crippen LogP contribution < -0.4 is 10.6 Å². The van der Waals surface area contributed by atoms with Crippen LogP contribution >= 0.6 is 0 Å². The minimum absolute atomic E-state index is 0.0685. The number of benzene rings is 2. The molecule has 6 rings (SSSR count). The summed E-state index contributed by atoms with van der Waals surface area (Å²) >= 11 is 0. The molecule has 37 heavy (non-hydrogen) atoms. The van der Waals surface area contributed by atoms with Crippen LogP contribution in [0.15, 0.2) is 48.5 Å². The Labute approximate surface area is 215 Å². The lowest BCUT2D eigenvalue weighted by Crippen LogP contribution is -2.56. The Morgan fingerprint density at radius 3 is 2.35 bits per heavy atom. The van der Waals surface area contributed by atoms with Crippen molar-refractivity contribution in [2.75, 3.05) is 13.1 Å². The van der Waals surface area contributed by atoms with Crippen molar-refractivity contribution in [2.24, 2.45) is 23.2 Å². The Kier molecular flexibility index (Phi) is 5.22. The fraction of sp³-hybridized carbons (Fsp3) is 0.448. The van der Waals surface area contributed by atoms with Gasteiger partial charge in [-0.25, -0.2) is 0 Å². The standard InChI is InChI=1S/C29H30N4O4/c1-28(2)22-15-33(24(23(22)28)26(35)32-17(14-30)13-16-11-12-31-25(16)34)27(36)29(37)20-9-5-3-7-18(20)19-8-4-6-10-21(19)29/h3-10,16-17,22-24,37H,11-13,15H2,1-2H3,(H,31,34)(H,32,35)/t16-,17-,22+,23+,24+/m0/s1. The Balaban J connectivity index is 1.31. The van der Waals surface area contributed by atoms with Gasteiger partial charge >= 0.3 is 0 Å². The number of nitriles is 1. The van der Waals surface area contributed by atoms with Crippen LogP contribution in [0.1, 0.15) is 37.8 Å². The zero-order valence-corrected chi connectivity index (χ0v) is 20.9. The zero-order chi connectivity index (χ0) is 26.1. The number of hydrogen-bond donors (Lipinski definition) is 3. The Bertz CT molecular complexity index is 1320. The molecule has 2 aromatic carbocycles. The van der Waals surface area contributed by atoms with Gasteiger partial charge < -0.3 is 20.6 Å². The third-order valence-electron chi connectivity index (χ3n) is 9.13. The van der Waals surface area contributed by atoms with Gasteiger partial charge in [-0.3, -0.25) is 14.4 Å². The highest BCUT2D eigenvalue weighted by Gasteiger charge is 2.70. The summed E-state index contributed by atoms with van der Waals surface area (Å²) in [5.41, 5.74) is 0.617. The predicted molar refractivity (Wildman–Crippen MR) is 134 cm³/mol. The molecule has 8 nitrogen and oxygen atoms in total. The molecule has 2 heterocycles. The predicted octanol–water partition coefficient (Wildman–Crippen LogP) is 1.92. The molecule has 4 aliphatic rings. The van der Waals surface area contributed by atoms with Crippen molar-refractivity contribution in [3.63, 3.8) is 0 Å². The van der Waals surface area contributed by atoms with E-state index in [-0.39, 0.29) is 35.5 Å². The van der Waals surface area contributed by atoms with Gasteiger partial charge in [0.2, 0.25) is 11.8 Å². The van der Waals surface area contributed by atoms with Crippen molar-refractivity contribution >= 4 is 17.7 Å². The van der Waals surface area contributed by atoms with Gasteiger partial charge in [0.1, 0.15) is 12.1 Å². The summed E-state index contributed by atoms with van der Waals surface area (Å²) in [6.45, 7) is 5.11. The molecule has 5 atom stereocenters. The van der Waals surface area contributed by atoms with E-state index >= 15 is 0 Å². The summed E-state index contributed by atoms with van der Waals surface area (Å²) in [5.74, 6) is -1.28. The van der Waals surface area contributed by atoms with Gasteiger partial charge in [-0.1, -0.05) is 62.4 Å². The lowest BCUT2D eigenvalue weighted by Gasteiger charge is -2.36. The molecule has 0 unspecified atom stereocenters. The van der Waals surface area contributed by atoms with Gasteiger partial charge in [0.05, 0.1) is 6.07 Å². The van der Waals surface area contributed by atoms with Crippen LogP contribution in [-0.2, 0) is 20.0 Å². The fourth-order valence-corrected chi connectivity index (χ4v) is 7.00. The van der Waals surface area contributed by atoms with E-state index in [2.05, 4.69) is 30.6 Å². The van der Waals surface area contributed by atoms with Crippen molar-refractivity contribution in [2.45, 2.75) is 44.4 Å². The number of carbonyl (C=O) groups excluding carboxylic acids is 3. The molecule has 2 aliphatic carbocycles. The first-order valence-corrected chi connectivity index (χ1v) is 12.9. The Morgan fingerprint density at radius 1 is 1.16 bits per heavy atom. The number of amides is 3. The number of fused-ring (bicyclic) bond motifs is 4. The van der Waals surface area contributed by atoms with E-state index in [1.165, 1.54) is 4.90 Å². The number of hydrogen-bond acceptors (Lipinski definition) is 5. The van der Waals surface area contributed by atoms with E-state index in [1.807, 2.05) is 24.3 Å². The average Bonchev–Trinajstić information content (AvgIpc) is 3.32. The molecule has 3 amide bonds. The van der Waals surface area contributed by atoms with Crippen molar-refractivity contribution in [1.82, 2.24) is 15.5 Å². The van der Waals surface area contributed by atoms with Crippen molar-refractivity contribution < 1.29 is 19.5 Å². The highest BCUT2D eigenvalue weighted by Crippen LogP contribution is 2.65. The van der Waals surface area contributed by atoms with Gasteiger partial charge in [0.25, 0.3) is 5.91 Å². The van der Waals surface area contributed by atoms with Gasteiger partial charge in [0, 0.05) is 30.1 Å². The molecule has 2 aromatic rings. The first-order valence-electron chi connectivity index (χ1n) is 12.9. The third-order valence-corrected chi connectivity index (χ3v) is 9.13. The molecule has 2 saturated heterocycles. The number of nitrogens with zero attached hydrogens (tertiary/aromatic N) is 2. The van der Waals surface area contributed by atoms with Crippen molar-refractivity contribution in [3.8, 4) is 17.2 Å². The SMILES string of the molecule is CC1(C)[C@@H]2[C@H]1CN(C(=O)C1(O)c3ccccc3-c3ccccc31)[C@H]2C(=O)N[C@H](C#N)C[C@@H]1CCNC1=O. The van der Waals surface area contributed by atoms with E-state index in [0.717, 1.165) is 11.1 Å². The molecule has 0 aromatic heterocycles. The van der Waals surface area contributed by atoms with Crippen LogP contribution in [0.25, 0.3) is 11.1 Å². The number of carbonyl (C=O) groups is 3. The highest BCUT2D eigenvalue weighted by atomic mass is 16.3. The van der Waals surface area contributed by atoms with E-state index in [4.69, 9.17) is 0 Å². The summed E-state index contributed by atoms with van der Waals surface area (Å²) in [5, 5.41) is 27.4. The molecular weight excluding hydrogens is 468 g/mol. The van der Waals surface area contributed by atoms with Crippen molar-refractivity contribution in [3.05, 3.63) is 59.7 Å². The maximum absolute atomic E-state index is 14.2. The number of aliphatic hydroxyl groups is 1. The summed E-state index contributed by atoms with van der Waals surface area (Å²) < 4.78 is 0. The van der Waals surface area contributed by atoms with E-state index in [0.29, 0.717) is 30.6 Å². The summed E-state index contributed by atoms with van der Waals surface area (Å²) in [4.78, 5) is 41.5. The minimum Gasteiger partial charge on any atom is -0.372 e. The summed E-state index contributed by atoms with van der Waals surface area (Å²) in [6, 6.07) is 15.2. The van der Waals surface area contributed by atoms with Gasteiger partial charge in [-0.2, -0.15) is 5.26 Å². The summed E-state index contributed by atoms with van der Waals surface area (Å²) in [7, 11) is 0. The summed E-state index contributed by atoms with van der Waals surface area (Å²) in [6.07, 6.45) is 0.863. The van der Waals surface area contributed by atoms with Crippen LogP contribution in [0.3, 0.4) is 0 Å². The molecule has 0 radical (unpaired) electrons. The van der Waals surface area contributed by atoms with Crippen LogP contribution in [0.4, 0.5) is 0 Å². The van der Waals surface area contributed by atoms with E-state index < -0.39 is 29.5 Å². The largest absolute Gasteiger partial charge is 0.372 e. The molecule has 0 spiro atoms. The van der Waals surface area contributed by atoms with Gasteiger partial charge in [-0.05, 0) is 41.2 Å². The molecule has 1 saturated carbocycles. The molecular formula is C29H30N4O4. The Morgan fingerprint density at radius 2 is 1.78 bits per heavy atom. The molecule has 3 N–H and O–H groups in total. The number of piperidine rings is 1. The van der Waals surface area contributed by atoms with E-state index in [1.54, 1.807) is 24.3 Å². The van der Waals surface area contributed by atoms with Gasteiger partial charge in [-0.15, -0.1) is 0 Å². The van der Waals surface area contributed by atoms with Gasteiger partial charge in [0.15, 0.2) is 5.60 Å². The number of likely N-dealkylation sites (tertiary alicyclic amines) is 1. The topological polar surface area (TPSA) is 123 Å². The minimum atomic E-state index is -1.90. The molecule has 190 valence electrons. The lowest BCUT2D eigenvalue weighted by atomic mass is 9.88. The maximum Gasteiger partial charge on any atom is 0.264 e.